The lowest BCUT2D eigenvalue weighted by molar-refractivity contribution is -0.127. The van der Waals surface area contributed by atoms with Crippen LogP contribution in [0.5, 0.6) is 0 Å². The zero-order valence-electron chi connectivity index (χ0n) is 15.3. The van der Waals surface area contributed by atoms with Gasteiger partial charge in [-0.25, -0.2) is 4.79 Å². The van der Waals surface area contributed by atoms with Gasteiger partial charge in [0.15, 0.2) is 0 Å². The summed E-state index contributed by atoms with van der Waals surface area (Å²) in [7, 11) is 3.42. The van der Waals surface area contributed by atoms with Crippen molar-refractivity contribution >= 4 is 17.6 Å². The number of benzene rings is 1. The number of likely N-dealkylation sites (N-methyl/N-ethyl adjacent to an activating group) is 1. The molecule has 0 bridgehead atoms. The van der Waals surface area contributed by atoms with Crippen molar-refractivity contribution in [3.63, 3.8) is 0 Å². The SMILES string of the molecule is Cc1cc([C@H](C)NC(=O)Nc2ccccc2CC(=O)N(C)C)c(C)o1. The van der Waals surface area contributed by atoms with Crippen molar-refractivity contribution in [2.45, 2.75) is 33.2 Å². The highest BCUT2D eigenvalue weighted by Gasteiger charge is 2.16. The van der Waals surface area contributed by atoms with Crippen molar-refractivity contribution in [3.05, 3.63) is 53.0 Å². The van der Waals surface area contributed by atoms with Crippen LogP contribution in [0.2, 0.25) is 0 Å². The summed E-state index contributed by atoms with van der Waals surface area (Å²) >= 11 is 0. The Balaban J connectivity index is 2.05. The van der Waals surface area contributed by atoms with E-state index in [2.05, 4.69) is 10.6 Å². The number of furan rings is 1. The van der Waals surface area contributed by atoms with E-state index in [9.17, 15) is 9.59 Å². The first-order chi connectivity index (χ1) is 11.8. The van der Waals surface area contributed by atoms with E-state index in [1.54, 1.807) is 20.2 Å². The molecule has 25 heavy (non-hydrogen) atoms. The average Bonchev–Trinajstić information content (AvgIpc) is 2.87. The fourth-order valence-corrected chi connectivity index (χ4v) is 2.63. The number of anilines is 1. The van der Waals surface area contributed by atoms with Crippen LogP contribution in [0.3, 0.4) is 0 Å². The molecule has 0 unspecified atom stereocenters. The van der Waals surface area contributed by atoms with Crippen molar-refractivity contribution in [1.29, 1.82) is 0 Å². The summed E-state index contributed by atoms with van der Waals surface area (Å²) in [6.45, 7) is 5.65. The van der Waals surface area contributed by atoms with E-state index in [4.69, 9.17) is 4.42 Å². The number of rotatable bonds is 5. The van der Waals surface area contributed by atoms with Gasteiger partial charge in [0, 0.05) is 25.3 Å². The summed E-state index contributed by atoms with van der Waals surface area (Å²) in [6.07, 6.45) is 0.235. The van der Waals surface area contributed by atoms with Gasteiger partial charge < -0.3 is 20.0 Å². The van der Waals surface area contributed by atoms with Crippen LogP contribution < -0.4 is 10.6 Å². The van der Waals surface area contributed by atoms with Crippen molar-refractivity contribution < 1.29 is 14.0 Å². The summed E-state index contributed by atoms with van der Waals surface area (Å²) in [4.78, 5) is 25.8. The van der Waals surface area contributed by atoms with Crippen LogP contribution in [-0.2, 0) is 11.2 Å². The van der Waals surface area contributed by atoms with E-state index in [0.717, 1.165) is 22.6 Å². The van der Waals surface area contributed by atoms with Crippen molar-refractivity contribution in [3.8, 4) is 0 Å². The number of urea groups is 1. The van der Waals surface area contributed by atoms with Crippen LogP contribution in [-0.4, -0.2) is 30.9 Å². The first-order valence-electron chi connectivity index (χ1n) is 8.20. The second-order valence-electron chi connectivity index (χ2n) is 6.31. The minimum atomic E-state index is -0.324. The number of nitrogens with zero attached hydrogens (tertiary/aromatic N) is 1. The van der Waals surface area contributed by atoms with E-state index < -0.39 is 0 Å². The van der Waals surface area contributed by atoms with Gasteiger partial charge in [0.05, 0.1) is 12.5 Å². The Morgan fingerprint density at radius 1 is 1.20 bits per heavy atom. The molecule has 6 nitrogen and oxygen atoms in total. The zero-order valence-corrected chi connectivity index (χ0v) is 15.3. The molecule has 134 valence electrons. The van der Waals surface area contributed by atoms with Gasteiger partial charge in [-0.1, -0.05) is 18.2 Å². The Morgan fingerprint density at radius 3 is 2.48 bits per heavy atom. The lowest BCUT2D eigenvalue weighted by atomic mass is 10.1. The molecular weight excluding hydrogens is 318 g/mol. The molecule has 2 N–H and O–H groups in total. The molecule has 0 spiro atoms. The molecule has 0 radical (unpaired) electrons. The Morgan fingerprint density at radius 2 is 1.88 bits per heavy atom. The van der Waals surface area contributed by atoms with Crippen LogP contribution >= 0.6 is 0 Å². The van der Waals surface area contributed by atoms with Crippen LogP contribution in [0, 0.1) is 13.8 Å². The lowest BCUT2D eigenvalue weighted by Crippen LogP contribution is -2.32. The normalized spacial score (nSPS) is 11.7. The van der Waals surface area contributed by atoms with Gasteiger partial charge in [-0.3, -0.25) is 4.79 Å². The van der Waals surface area contributed by atoms with Crippen LogP contribution in [0.1, 0.15) is 35.6 Å². The number of nitrogens with one attached hydrogen (secondary N) is 2. The standard InChI is InChI=1S/C19H25N3O3/c1-12-10-16(14(3)25-12)13(2)20-19(24)21-17-9-7-6-8-15(17)11-18(23)22(4)5/h6-10,13H,11H2,1-5H3,(H2,20,21,24)/t13-/m0/s1. The monoisotopic (exact) mass is 343 g/mol. The number of aryl methyl sites for hydroxylation is 2. The molecule has 0 saturated heterocycles. The van der Waals surface area contributed by atoms with Gasteiger partial charge in [-0.05, 0) is 38.5 Å². The van der Waals surface area contributed by atoms with Crippen molar-refractivity contribution in [2.24, 2.45) is 0 Å². The second-order valence-corrected chi connectivity index (χ2v) is 6.31. The minimum Gasteiger partial charge on any atom is -0.466 e. The molecule has 6 heteroatoms. The molecule has 3 amide bonds. The van der Waals surface area contributed by atoms with Crippen LogP contribution in [0.4, 0.5) is 10.5 Å². The van der Waals surface area contributed by atoms with Crippen molar-refractivity contribution in [1.82, 2.24) is 10.2 Å². The smallest absolute Gasteiger partial charge is 0.319 e. The Labute approximate surface area is 148 Å². The predicted octanol–water partition coefficient (Wildman–Crippen LogP) is 3.41. The molecule has 1 heterocycles. The van der Waals surface area contributed by atoms with Gasteiger partial charge in [0.25, 0.3) is 0 Å². The Kier molecular flexibility index (Phi) is 5.85. The molecular formula is C19H25N3O3. The fourth-order valence-electron chi connectivity index (χ4n) is 2.63. The molecule has 2 rings (SSSR count). The lowest BCUT2D eigenvalue weighted by Gasteiger charge is -2.17. The first kappa shape index (κ1) is 18.6. The third-order valence-electron chi connectivity index (χ3n) is 4.00. The number of para-hydroxylation sites is 1. The van der Waals surface area contributed by atoms with E-state index >= 15 is 0 Å². The third-order valence-corrected chi connectivity index (χ3v) is 4.00. The van der Waals surface area contributed by atoms with Crippen molar-refractivity contribution in [2.75, 3.05) is 19.4 Å². The number of amides is 3. The van der Waals surface area contributed by atoms with E-state index in [0.29, 0.717) is 5.69 Å². The number of carbonyl (C=O) groups is 2. The van der Waals surface area contributed by atoms with E-state index in [-0.39, 0.29) is 24.4 Å². The first-order valence-corrected chi connectivity index (χ1v) is 8.20. The molecule has 1 aromatic heterocycles. The molecule has 0 aliphatic carbocycles. The number of hydrogen-bond donors (Lipinski definition) is 2. The highest BCUT2D eigenvalue weighted by atomic mass is 16.3. The molecule has 0 aliphatic heterocycles. The number of carbonyl (C=O) groups excluding carboxylic acids is 2. The molecule has 0 fully saturated rings. The maximum absolute atomic E-state index is 12.3. The van der Waals surface area contributed by atoms with Gasteiger partial charge in [-0.15, -0.1) is 0 Å². The Hall–Kier alpha value is -2.76. The van der Waals surface area contributed by atoms with Crippen LogP contribution in [0.15, 0.2) is 34.7 Å². The summed E-state index contributed by atoms with van der Waals surface area (Å²) < 4.78 is 5.51. The summed E-state index contributed by atoms with van der Waals surface area (Å²) in [5.74, 6) is 1.59. The van der Waals surface area contributed by atoms with Gasteiger partial charge in [0.2, 0.25) is 5.91 Å². The topological polar surface area (TPSA) is 74.6 Å². The van der Waals surface area contributed by atoms with E-state index in [1.807, 2.05) is 45.0 Å². The highest BCUT2D eigenvalue weighted by Crippen LogP contribution is 2.22. The summed E-state index contributed by atoms with van der Waals surface area (Å²) in [5.41, 5.74) is 2.35. The van der Waals surface area contributed by atoms with E-state index in [1.165, 1.54) is 4.90 Å². The Bertz CT molecular complexity index is 765. The summed E-state index contributed by atoms with van der Waals surface area (Å²) in [6, 6.07) is 8.71. The zero-order chi connectivity index (χ0) is 18.6. The van der Waals surface area contributed by atoms with Gasteiger partial charge in [0.1, 0.15) is 11.5 Å². The third kappa shape index (κ3) is 4.86. The van der Waals surface area contributed by atoms with Crippen LogP contribution in [0.25, 0.3) is 0 Å². The molecule has 1 atom stereocenters. The maximum atomic E-state index is 12.3. The second kappa shape index (κ2) is 7.88. The number of hydrogen-bond acceptors (Lipinski definition) is 3. The molecule has 1 aromatic carbocycles. The summed E-state index contributed by atoms with van der Waals surface area (Å²) in [5, 5.41) is 5.73. The minimum absolute atomic E-state index is 0.0208. The molecule has 2 aromatic rings. The highest BCUT2D eigenvalue weighted by molar-refractivity contribution is 5.91. The fraction of sp³-hybridized carbons (Fsp3) is 0.368. The predicted molar refractivity (Wildman–Crippen MR) is 97.6 cm³/mol. The largest absolute Gasteiger partial charge is 0.466 e. The molecule has 0 saturated carbocycles. The quantitative estimate of drug-likeness (QED) is 0.873. The van der Waals surface area contributed by atoms with Gasteiger partial charge >= 0.3 is 6.03 Å². The molecule has 0 aliphatic rings. The van der Waals surface area contributed by atoms with Gasteiger partial charge in [-0.2, -0.15) is 0 Å². The average molecular weight is 343 g/mol. The maximum Gasteiger partial charge on any atom is 0.319 e.